The van der Waals surface area contributed by atoms with Gasteiger partial charge in [0.2, 0.25) is 5.95 Å². The number of nitrogens with zero attached hydrogens (tertiary/aromatic N) is 9. The lowest BCUT2D eigenvalue weighted by Crippen LogP contribution is -2.54. The number of likely N-dealkylation sites (tertiary alicyclic amines) is 2. The van der Waals surface area contributed by atoms with Crippen LogP contribution in [0.3, 0.4) is 0 Å². The lowest BCUT2D eigenvalue weighted by atomic mass is 10.0. The largest absolute Gasteiger partial charge is 0.445 e. The molecule has 14 rings (SSSR count). The summed E-state index contributed by atoms with van der Waals surface area (Å²) >= 11 is 0. The molecule has 6 aromatic heterocycles. The number of rotatable bonds is 11. The summed E-state index contributed by atoms with van der Waals surface area (Å²) in [5, 5.41) is 7.89. The van der Waals surface area contributed by atoms with E-state index in [9.17, 15) is 14.0 Å². The van der Waals surface area contributed by atoms with Crippen molar-refractivity contribution >= 4 is 61.6 Å². The fraction of sp³-hybridized carbons (Fsp3) is 0.303. The van der Waals surface area contributed by atoms with Gasteiger partial charge in [-0.15, -0.1) is 0 Å². The maximum absolute atomic E-state index is 12.9. The van der Waals surface area contributed by atoms with Crippen LogP contribution in [0.5, 0.6) is 0 Å². The van der Waals surface area contributed by atoms with Gasteiger partial charge in [-0.3, -0.25) is 9.97 Å². The van der Waals surface area contributed by atoms with Gasteiger partial charge in [0.1, 0.15) is 19.0 Å². The van der Waals surface area contributed by atoms with Gasteiger partial charge in [-0.05, 0) is 96.5 Å². The highest BCUT2D eigenvalue weighted by Gasteiger charge is 2.33. The zero-order chi connectivity index (χ0) is 56.7. The van der Waals surface area contributed by atoms with E-state index in [0.29, 0.717) is 32.4 Å². The SMILES string of the molecule is Cn1c2ccncc2c2ccc(-c3ccc(F)nc3)cc21.Cn1c2ccncc2c2ccc(-c3ccc(N4CC(OC5CCN(C(=O)OCc6ccccc6)CC5)C4)nc3)cc21.O=C(OCc1ccccc1)N1CCC(OC2CNC2)CC1. The second-order valence-corrected chi connectivity index (χ2v) is 21.7. The molecule has 83 heavy (non-hydrogen) atoms. The molecule has 1 N–H and O–H groups in total. The van der Waals surface area contributed by atoms with E-state index in [-0.39, 0.29) is 30.5 Å². The predicted octanol–water partition coefficient (Wildman–Crippen LogP) is 11.5. The number of benzene rings is 4. The van der Waals surface area contributed by atoms with Gasteiger partial charge < -0.3 is 48.1 Å². The highest BCUT2D eigenvalue weighted by Crippen LogP contribution is 2.34. The zero-order valence-electron chi connectivity index (χ0n) is 46.7. The van der Waals surface area contributed by atoms with Gasteiger partial charge in [-0.25, -0.2) is 19.6 Å². The Balaban J connectivity index is 0.000000136. The van der Waals surface area contributed by atoms with Crippen LogP contribution in [0.2, 0.25) is 0 Å². The van der Waals surface area contributed by atoms with Gasteiger partial charge in [0.15, 0.2) is 0 Å². The lowest BCUT2D eigenvalue weighted by molar-refractivity contribution is -0.0607. The monoisotopic (exact) mass is 1110 g/mol. The Morgan fingerprint density at radius 3 is 1.42 bits per heavy atom. The van der Waals surface area contributed by atoms with E-state index >= 15 is 0 Å². The minimum atomic E-state index is -0.462. The third-order valence-corrected chi connectivity index (χ3v) is 16.3. The van der Waals surface area contributed by atoms with Crippen molar-refractivity contribution in [1.82, 2.24) is 44.2 Å². The normalized spacial score (nSPS) is 16.0. The number of fused-ring (bicyclic) bond motifs is 6. The maximum Gasteiger partial charge on any atom is 0.410 e. The summed E-state index contributed by atoms with van der Waals surface area (Å²) in [4.78, 5) is 47.3. The molecule has 16 nitrogen and oxygen atoms in total. The fourth-order valence-corrected chi connectivity index (χ4v) is 11.3. The molecule has 0 atom stereocenters. The Morgan fingerprint density at radius 1 is 0.506 bits per heavy atom. The molecular formula is C66H67FN10O6. The Bertz CT molecular complexity index is 3820. The maximum atomic E-state index is 12.9. The van der Waals surface area contributed by atoms with Crippen LogP contribution in [0.15, 0.2) is 171 Å². The second kappa shape index (κ2) is 25.2. The van der Waals surface area contributed by atoms with Gasteiger partial charge in [0.05, 0.1) is 35.4 Å². The number of amides is 2. The average molecular weight is 1120 g/mol. The smallest absolute Gasteiger partial charge is 0.410 e. The Morgan fingerprint density at radius 2 is 0.976 bits per heavy atom. The van der Waals surface area contributed by atoms with Crippen LogP contribution in [0.1, 0.15) is 36.8 Å². The molecular weight excluding hydrogens is 1050 g/mol. The van der Waals surface area contributed by atoms with Crippen molar-refractivity contribution in [2.24, 2.45) is 14.1 Å². The summed E-state index contributed by atoms with van der Waals surface area (Å²) < 4.78 is 40.4. The van der Waals surface area contributed by atoms with Crippen LogP contribution in [-0.2, 0) is 46.3 Å². The Hall–Kier alpha value is -8.77. The molecule has 4 aromatic carbocycles. The van der Waals surface area contributed by atoms with Crippen molar-refractivity contribution in [3.8, 4) is 22.3 Å². The first-order valence-electron chi connectivity index (χ1n) is 28.6. The standard InChI is InChI=1S/C33H33N5O3.C17H12FN3.C16H22N2O3/c1-36-30-11-14-34-19-29(30)28-9-7-24(17-31(28)36)25-8-10-32(35-18-25)38-20-27(21-38)41-26-12-15-37(16-13-26)33(39)40-22-23-5-3-2-4-6-23;1-21-15-6-7-19-10-14(15)13-4-2-11(8-16(13)21)12-3-5-17(18)20-9-12;19-16(20-12-13-4-2-1-3-5-13)18-8-6-14(7-9-18)21-15-10-17-11-15/h2-11,14,17-19,26-27H,12-13,15-16,20-22H2,1H3;2-10H,1H3;1-5,14-15,17H,6-12H2. The first-order chi connectivity index (χ1) is 40.7. The summed E-state index contributed by atoms with van der Waals surface area (Å²) in [6.45, 7) is 7.00. The number of nitrogens with one attached hydrogen (secondary N) is 1. The number of halogens is 1. The molecule has 10 aromatic rings. The van der Waals surface area contributed by atoms with E-state index < -0.39 is 5.95 Å². The molecule has 4 fully saturated rings. The zero-order valence-corrected chi connectivity index (χ0v) is 46.7. The molecule has 0 unspecified atom stereocenters. The van der Waals surface area contributed by atoms with E-state index in [1.54, 1.807) is 28.3 Å². The molecule has 0 saturated carbocycles. The van der Waals surface area contributed by atoms with Gasteiger partial charge >= 0.3 is 12.2 Å². The number of hydrogen-bond donors (Lipinski definition) is 1. The van der Waals surface area contributed by atoms with E-state index in [1.165, 1.54) is 33.3 Å². The number of piperidine rings is 2. The quantitative estimate of drug-likeness (QED) is 0.123. The third kappa shape index (κ3) is 12.7. The van der Waals surface area contributed by atoms with Crippen LogP contribution in [0.25, 0.3) is 65.9 Å². The topological polar surface area (TPSA) is 154 Å². The van der Waals surface area contributed by atoms with Gasteiger partial charge in [0.25, 0.3) is 0 Å². The second-order valence-electron chi connectivity index (χ2n) is 21.7. The number of aromatic nitrogens is 6. The molecule has 4 aliphatic heterocycles. The molecule has 17 heteroatoms. The van der Waals surface area contributed by atoms with E-state index in [2.05, 4.69) is 89.9 Å². The minimum absolute atomic E-state index is 0.176. The lowest BCUT2D eigenvalue weighted by Gasteiger charge is -2.42. The number of carbonyl (C=O) groups excluding carboxylic acids is 2. The van der Waals surface area contributed by atoms with Gasteiger partial charge in [0, 0.05) is 147 Å². The van der Waals surface area contributed by atoms with E-state index in [0.717, 1.165) is 121 Å². The highest BCUT2D eigenvalue weighted by atomic mass is 19.1. The Labute approximate surface area is 481 Å². The molecule has 2 amide bonds. The number of pyridine rings is 4. The van der Waals surface area contributed by atoms with Crippen molar-refractivity contribution < 1.29 is 32.9 Å². The van der Waals surface area contributed by atoms with Crippen LogP contribution in [-0.4, -0.2) is 128 Å². The number of hydrogen-bond acceptors (Lipinski definition) is 12. The number of carbonyl (C=O) groups is 2. The summed E-state index contributed by atoms with van der Waals surface area (Å²) in [5.41, 5.74) is 10.8. The molecule has 0 radical (unpaired) electrons. The number of anilines is 1. The number of aryl methyl sites for hydroxylation is 2. The molecule has 0 aliphatic carbocycles. The van der Waals surface area contributed by atoms with Crippen LogP contribution in [0.4, 0.5) is 19.8 Å². The van der Waals surface area contributed by atoms with Crippen molar-refractivity contribution in [3.05, 3.63) is 188 Å². The van der Waals surface area contributed by atoms with Gasteiger partial charge in [-0.2, -0.15) is 4.39 Å². The first kappa shape index (κ1) is 54.8. The molecule has 0 spiro atoms. The fourth-order valence-electron chi connectivity index (χ4n) is 11.3. The minimum Gasteiger partial charge on any atom is -0.445 e. The van der Waals surface area contributed by atoms with Crippen LogP contribution >= 0.6 is 0 Å². The summed E-state index contributed by atoms with van der Waals surface area (Å²) in [5.74, 6) is 0.511. The summed E-state index contributed by atoms with van der Waals surface area (Å²) in [6.07, 6.45) is 15.0. The highest BCUT2D eigenvalue weighted by molar-refractivity contribution is 6.09. The molecule has 4 saturated heterocycles. The first-order valence-corrected chi connectivity index (χ1v) is 28.6. The van der Waals surface area contributed by atoms with Crippen molar-refractivity contribution in [1.29, 1.82) is 0 Å². The molecule has 0 bridgehead atoms. The van der Waals surface area contributed by atoms with E-state index in [4.69, 9.17) is 23.9 Å². The van der Waals surface area contributed by atoms with Crippen molar-refractivity contribution in [3.63, 3.8) is 0 Å². The molecule has 10 heterocycles. The van der Waals surface area contributed by atoms with Crippen molar-refractivity contribution in [2.45, 2.75) is 63.3 Å². The van der Waals surface area contributed by atoms with Crippen LogP contribution < -0.4 is 10.2 Å². The van der Waals surface area contributed by atoms with Gasteiger partial charge in [-0.1, -0.05) is 84.9 Å². The summed E-state index contributed by atoms with van der Waals surface area (Å²) in [6, 6.07) is 43.8. The average Bonchev–Trinajstić information content (AvgIpc) is 3.77. The Kier molecular flexibility index (Phi) is 16.6. The van der Waals surface area contributed by atoms with E-state index in [1.807, 2.05) is 105 Å². The predicted molar refractivity (Wildman–Crippen MR) is 320 cm³/mol. The van der Waals surface area contributed by atoms with Crippen LogP contribution in [0, 0.1) is 5.95 Å². The molecule has 4 aliphatic rings. The number of ether oxygens (including phenoxy) is 4. The summed E-state index contributed by atoms with van der Waals surface area (Å²) in [7, 11) is 4.14. The third-order valence-electron chi connectivity index (χ3n) is 16.3. The molecule has 424 valence electrons. The van der Waals surface area contributed by atoms with Crippen molar-refractivity contribution in [2.75, 3.05) is 57.3 Å².